The van der Waals surface area contributed by atoms with Crippen LogP contribution in [0.5, 0.6) is 0 Å². The number of aromatic amines is 1. The summed E-state index contributed by atoms with van der Waals surface area (Å²) in [5.41, 5.74) is 2.57. The smallest absolute Gasteiger partial charge is 0.332 e. The highest BCUT2D eigenvalue weighted by atomic mass is 16.2. The number of urea groups is 1. The normalized spacial score (nSPS) is 24.4. The summed E-state index contributed by atoms with van der Waals surface area (Å²) in [6.45, 7) is 10.9. The number of fused-ring (bicyclic) bond motifs is 5. The second kappa shape index (κ2) is 8.17. The van der Waals surface area contributed by atoms with Gasteiger partial charge in [-0.2, -0.15) is 0 Å². The summed E-state index contributed by atoms with van der Waals surface area (Å²) in [6, 6.07) is 14.5. The van der Waals surface area contributed by atoms with Crippen molar-refractivity contribution in [3.63, 3.8) is 0 Å². The van der Waals surface area contributed by atoms with Gasteiger partial charge in [-0.1, -0.05) is 18.2 Å². The predicted molar refractivity (Wildman–Crippen MR) is 147 cm³/mol. The van der Waals surface area contributed by atoms with Crippen molar-refractivity contribution in [3.8, 4) is 0 Å². The van der Waals surface area contributed by atoms with Crippen LogP contribution in [-0.4, -0.2) is 51.4 Å². The topological polar surface area (TPSA) is 97.5 Å². The van der Waals surface area contributed by atoms with Crippen molar-refractivity contribution in [1.82, 2.24) is 20.5 Å². The summed E-state index contributed by atoms with van der Waals surface area (Å²) in [7, 11) is 0. The third-order valence-corrected chi connectivity index (χ3v) is 8.38. The average Bonchev–Trinajstić information content (AvgIpc) is 3.31. The van der Waals surface area contributed by atoms with Crippen molar-refractivity contribution >= 4 is 34.4 Å². The molecule has 4 amide bonds. The van der Waals surface area contributed by atoms with Crippen LogP contribution in [0.3, 0.4) is 0 Å². The third kappa shape index (κ3) is 3.73. The highest BCUT2D eigenvalue weighted by molar-refractivity contribution is 6.23. The highest BCUT2D eigenvalue weighted by Gasteiger charge is 2.59. The molecule has 38 heavy (non-hydrogen) atoms. The molecule has 0 spiro atoms. The number of nitrogens with zero attached hydrogens (tertiary/aromatic N) is 2. The van der Waals surface area contributed by atoms with Crippen LogP contribution < -0.4 is 15.5 Å². The molecular formula is C30H35N5O3. The Bertz CT molecular complexity index is 1450. The van der Waals surface area contributed by atoms with Crippen molar-refractivity contribution < 1.29 is 14.4 Å². The largest absolute Gasteiger partial charge is 0.356 e. The number of amides is 4. The molecule has 0 aliphatic carbocycles. The Hall–Kier alpha value is -3.65. The van der Waals surface area contributed by atoms with E-state index in [1.807, 2.05) is 25.1 Å². The maximum absolute atomic E-state index is 13.9. The first kappa shape index (κ1) is 24.7. The van der Waals surface area contributed by atoms with Crippen molar-refractivity contribution in [2.45, 2.75) is 76.5 Å². The molecule has 0 saturated carbocycles. The molecule has 1 atom stereocenters. The Balaban J connectivity index is 1.25. The molecule has 3 aromatic rings. The van der Waals surface area contributed by atoms with Crippen molar-refractivity contribution in [2.24, 2.45) is 0 Å². The van der Waals surface area contributed by atoms with Gasteiger partial charge in [-0.05, 0) is 89.8 Å². The number of carbonyl (C=O) groups is 3. The quantitative estimate of drug-likeness (QED) is 0.451. The minimum Gasteiger partial charge on any atom is -0.356 e. The van der Waals surface area contributed by atoms with Gasteiger partial charge < -0.3 is 20.5 Å². The number of hydrogen-bond acceptors (Lipinski definition) is 4. The molecule has 2 fully saturated rings. The third-order valence-electron chi connectivity index (χ3n) is 8.38. The number of hydrogen-bond donors (Lipinski definition) is 3. The van der Waals surface area contributed by atoms with Crippen LogP contribution in [-0.2, 0) is 16.8 Å². The van der Waals surface area contributed by atoms with Gasteiger partial charge in [0.25, 0.3) is 11.8 Å². The lowest BCUT2D eigenvalue weighted by Crippen LogP contribution is -2.62. The minimum absolute atomic E-state index is 0.0524. The van der Waals surface area contributed by atoms with E-state index in [0.29, 0.717) is 24.2 Å². The Labute approximate surface area is 222 Å². The van der Waals surface area contributed by atoms with Crippen molar-refractivity contribution in [1.29, 1.82) is 0 Å². The molecule has 3 aliphatic heterocycles. The summed E-state index contributed by atoms with van der Waals surface area (Å²) in [6.07, 6.45) is 2.35. The summed E-state index contributed by atoms with van der Waals surface area (Å²) < 4.78 is 0. The van der Waals surface area contributed by atoms with E-state index in [2.05, 4.69) is 49.4 Å². The molecule has 3 aliphatic rings. The molecule has 3 N–H and O–H groups in total. The highest BCUT2D eigenvalue weighted by Crippen LogP contribution is 2.45. The lowest BCUT2D eigenvalue weighted by molar-refractivity contribution is -0.125. The lowest BCUT2D eigenvalue weighted by atomic mass is 9.79. The molecule has 6 rings (SSSR count). The van der Waals surface area contributed by atoms with Crippen molar-refractivity contribution in [2.75, 3.05) is 11.4 Å². The fraction of sp³-hybridized carbons (Fsp3) is 0.433. The molecule has 198 valence electrons. The Morgan fingerprint density at radius 2 is 1.61 bits per heavy atom. The van der Waals surface area contributed by atoms with Gasteiger partial charge in [-0.15, -0.1) is 0 Å². The number of carbonyl (C=O) groups excluding carboxylic acids is 3. The van der Waals surface area contributed by atoms with Gasteiger partial charge in [0.15, 0.2) is 5.54 Å². The van der Waals surface area contributed by atoms with Gasteiger partial charge in [0.1, 0.15) is 0 Å². The first-order chi connectivity index (χ1) is 17.9. The average molecular weight is 514 g/mol. The SMILES string of the molecule is CC1(C)CC(NC(=O)c2ccc(N3C(=O)N4CCc5c([nH]c6ccccc56)C4(C)C3=O)cc2)CC(C)(C)N1. The number of piperidine rings is 1. The minimum atomic E-state index is -1.10. The lowest BCUT2D eigenvalue weighted by Gasteiger charge is -2.46. The van der Waals surface area contributed by atoms with Crippen LogP contribution >= 0.6 is 0 Å². The van der Waals surface area contributed by atoms with Crippen LogP contribution in [0.25, 0.3) is 10.9 Å². The summed E-state index contributed by atoms with van der Waals surface area (Å²) in [4.78, 5) is 46.8. The fourth-order valence-corrected chi connectivity index (χ4v) is 7.07. The molecule has 2 aromatic carbocycles. The van der Waals surface area contributed by atoms with Crippen LogP contribution in [0.4, 0.5) is 10.5 Å². The van der Waals surface area contributed by atoms with E-state index >= 15 is 0 Å². The maximum atomic E-state index is 13.9. The molecular weight excluding hydrogens is 478 g/mol. The number of benzene rings is 2. The fourth-order valence-electron chi connectivity index (χ4n) is 7.07. The Morgan fingerprint density at radius 3 is 2.29 bits per heavy atom. The molecule has 0 bridgehead atoms. The number of H-pyrrole nitrogens is 1. The van der Waals surface area contributed by atoms with Crippen LogP contribution in [0, 0.1) is 0 Å². The van der Waals surface area contributed by atoms with Gasteiger partial charge >= 0.3 is 6.03 Å². The zero-order valence-corrected chi connectivity index (χ0v) is 22.6. The number of nitrogens with one attached hydrogen (secondary N) is 3. The number of aromatic nitrogens is 1. The van der Waals surface area contributed by atoms with E-state index in [9.17, 15) is 14.4 Å². The van der Waals surface area contributed by atoms with E-state index in [1.54, 1.807) is 29.2 Å². The molecule has 8 heteroatoms. The predicted octanol–water partition coefficient (Wildman–Crippen LogP) is 4.45. The Kier molecular flexibility index (Phi) is 5.31. The zero-order chi connectivity index (χ0) is 27.0. The van der Waals surface area contributed by atoms with Gasteiger partial charge in [0.05, 0.1) is 11.4 Å². The van der Waals surface area contributed by atoms with Crippen LogP contribution in [0.2, 0.25) is 0 Å². The maximum Gasteiger partial charge on any atom is 0.332 e. The van der Waals surface area contributed by atoms with Gasteiger partial charge in [0, 0.05) is 40.1 Å². The standard InChI is InChI=1S/C30H35N5O3/c1-28(2)16-19(17-29(3,4)33-28)31-25(36)18-10-12-20(13-11-18)35-26(37)30(5)24-22(14-15-34(30)27(35)38)21-8-6-7-9-23(21)32-24/h6-13,19,32-33H,14-17H2,1-5H3,(H,31,36). The molecule has 4 heterocycles. The van der Waals surface area contributed by atoms with E-state index in [4.69, 9.17) is 0 Å². The first-order valence-electron chi connectivity index (χ1n) is 13.4. The molecule has 2 saturated heterocycles. The van der Waals surface area contributed by atoms with Gasteiger partial charge in [0.2, 0.25) is 0 Å². The van der Waals surface area contributed by atoms with Gasteiger partial charge in [-0.25, -0.2) is 9.69 Å². The first-order valence-corrected chi connectivity index (χ1v) is 13.4. The monoisotopic (exact) mass is 513 g/mol. The number of imide groups is 1. The van der Waals surface area contributed by atoms with E-state index in [0.717, 1.165) is 35.0 Å². The second-order valence-corrected chi connectivity index (χ2v) is 12.4. The van der Waals surface area contributed by atoms with E-state index < -0.39 is 5.54 Å². The zero-order valence-electron chi connectivity index (χ0n) is 22.6. The van der Waals surface area contributed by atoms with Crippen LogP contribution in [0.15, 0.2) is 48.5 Å². The second-order valence-electron chi connectivity index (χ2n) is 12.4. The van der Waals surface area contributed by atoms with Crippen LogP contribution in [0.1, 0.15) is 69.1 Å². The van der Waals surface area contributed by atoms with E-state index in [-0.39, 0.29) is 35.0 Å². The number of rotatable bonds is 3. The summed E-state index contributed by atoms with van der Waals surface area (Å²) in [5, 5.41) is 7.91. The molecule has 8 nitrogen and oxygen atoms in total. The van der Waals surface area contributed by atoms with Crippen molar-refractivity contribution in [3.05, 3.63) is 65.4 Å². The summed E-state index contributed by atoms with van der Waals surface area (Å²) >= 11 is 0. The molecule has 1 aromatic heterocycles. The van der Waals surface area contributed by atoms with E-state index in [1.165, 1.54) is 4.90 Å². The number of para-hydroxylation sites is 1. The number of anilines is 1. The van der Waals surface area contributed by atoms with Gasteiger partial charge in [-0.3, -0.25) is 9.59 Å². The summed E-state index contributed by atoms with van der Waals surface area (Å²) in [5.74, 6) is -0.437. The Morgan fingerprint density at radius 1 is 0.947 bits per heavy atom. The molecule has 0 radical (unpaired) electrons. The molecule has 1 unspecified atom stereocenters.